The Bertz CT molecular complexity index is 1470. The lowest BCUT2D eigenvalue weighted by molar-refractivity contribution is -0.144. The lowest BCUT2D eigenvalue weighted by Gasteiger charge is -2.37. The maximum absolute atomic E-state index is 14.2. The number of rotatable bonds is 12. The van der Waals surface area contributed by atoms with E-state index in [-0.39, 0.29) is 35.0 Å². The molecule has 4 unspecified atom stereocenters. The lowest BCUT2D eigenvalue weighted by atomic mass is 9.83. The fourth-order valence-electron chi connectivity index (χ4n) is 7.29. The predicted octanol–water partition coefficient (Wildman–Crippen LogP) is 1.69. The number of amides is 6. The summed E-state index contributed by atoms with van der Waals surface area (Å²) in [5.74, 6) is -4.26. The van der Waals surface area contributed by atoms with E-state index in [1.807, 2.05) is 13.8 Å². The molecule has 50 heavy (non-hydrogen) atoms. The first-order valence-electron chi connectivity index (χ1n) is 17.4. The van der Waals surface area contributed by atoms with E-state index >= 15 is 0 Å². The molecular formula is C36H52N6O8. The molecule has 1 aromatic carbocycles. The van der Waals surface area contributed by atoms with Crippen LogP contribution < -0.4 is 21.3 Å². The number of hydrogen-bond donors (Lipinski definition) is 4. The van der Waals surface area contributed by atoms with Crippen LogP contribution in [0.4, 0.5) is 4.79 Å². The Labute approximate surface area is 293 Å². The van der Waals surface area contributed by atoms with Crippen molar-refractivity contribution < 1.29 is 38.3 Å². The smallest absolute Gasteiger partial charge is 0.408 e. The number of carbonyl (C=O) groups excluding carboxylic acids is 7. The number of likely N-dealkylation sites (tertiary alicyclic amines) is 1. The highest BCUT2D eigenvalue weighted by atomic mass is 16.6. The van der Waals surface area contributed by atoms with Crippen molar-refractivity contribution in [2.75, 3.05) is 33.7 Å². The Kier molecular flexibility index (Phi) is 11.9. The Balaban J connectivity index is 1.37. The Morgan fingerprint density at radius 3 is 2.16 bits per heavy atom. The summed E-state index contributed by atoms with van der Waals surface area (Å²) in [5.41, 5.74) is -0.418. The van der Waals surface area contributed by atoms with Gasteiger partial charge in [-0.2, -0.15) is 0 Å². The minimum atomic E-state index is -1.08. The summed E-state index contributed by atoms with van der Waals surface area (Å²) in [5, 5.41) is 10.2. The van der Waals surface area contributed by atoms with E-state index in [0.717, 1.165) is 32.1 Å². The van der Waals surface area contributed by atoms with Gasteiger partial charge in [-0.05, 0) is 62.3 Å². The van der Waals surface area contributed by atoms with E-state index in [9.17, 15) is 33.6 Å². The van der Waals surface area contributed by atoms with Gasteiger partial charge in [-0.15, -0.1) is 0 Å². The second-order valence-corrected chi connectivity index (χ2v) is 15.4. The summed E-state index contributed by atoms with van der Waals surface area (Å²) in [4.78, 5) is 94.2. The Hall–Kier alpha value is -4.49. The number of Topliss-reactive ketones (excluding diaryl/α,β-unsaturated/α-hetero) is 1. The van der Waals surface area contributed by atoms with E-state index in [1.54, 1.807) is 65.2 Å². The number of ether oxygens (including phenoxy) is 1. The number of nitrogens with zero attached hydrogens (tertiary/aromatic N) is 2. The summed E-state index contributed by atoms with van der Waals surface area (Å²) in [6, 6.07) is 5.87. The van der Waals surface area contributed by atoms with E-state index in [2.05, 4.69) is 21.3 Å². The Morgan fingerprint density at radius 2 is 1.56 bits per heavy atom. The van der Waals surface area contributed by atoms with Gasteiger partial charge in [-0.25, -0.2) is 4.79 Å². The number of nitrogens with one attached hydrogen (secondary N) is 4. The first-order chi connectivity index (χ1) is 23.4. The van der Waals surface area contributed by atoms with Crippen molar-refractivity contribution in [2.24, 2.45) is 23.2 Å². The predicted molar refractivity (Wildman–Crippen MR) is 183 cm³/mol. The third kappa shape index (κ3) is 9.19. The summed E-state index contributed by atoms with van der Waals surface area (Å²) >= 11 is 0. The maximum Gasteiger partial charge on any atom is 0.408 e. The molecule has 5 atom stereocenters. The van der Waals surface area contributed by atoms with Gasteiger partial charge in [0, 0.05) is 20.6 Å². The van der Waals surface area contributed by atoms with E-state index in [0.29, 0.717) is 12.1 Å². The number of benzene rings is 1. The van der Waals surface area contributed by atoms with Crippen LogP contribution >= 0.6 is 0 Å². The van der Waals surface area contributed by atoms with Crippen LogP contribution in [0.15, 0.2) is 30.3 Å². The highest BCUT2D eigenvalue weighted by molar-refractivity contribution is 6.37. The fraction of sp³-hybridized carbons (Fsp3) is 0.639. The van der Waals surface area contributed by atoms with Crippen molar-refractivity contribution in [1.82, 2.24) is 31.1 Å². The molecule has 4 N–H and O–H groups in total. The van der Waals surface area contributed by atoms with Crippen LogP contribution in [0.2, 0.25) is 0 Å². The van der Waals surface area contributed by atoms with Crippen LogP contribution in [0.5, 0.6) is 0 Å². The Morgan fingerprint density at radius 1 is 0.920 bits per heavy atom. The molecule has 274 valence electrons. The molecule has 14 heteroatoms. The molecule has 3 aliphatic rings. The molecule has 0 spiro atoms. The molecule has 1 saturated heterocycles. The monoisotopic (exact) mass is 696 g/mol. The second kappa shape index (κ2) is 15.6. The normalized spacial score (nSPS) is 22.2. The zero-order valence-corrected chi connectivity index (χ0v) is 30.2. The van der Waals surface area contributed by atoms with Crippen molar-refractivity contribution >= 4 is 41.4 Å². The van der Waals surface area contributed by atoms with E-state index in [1.165, 1.54) is 9.80 Å². The number of piperidine rings is 1. The van der Waals surface area contributed by atoms with Gasteiger partial charge >= 0.3 is 6.09 Å². The van der Waals surface area contributed by atoms with Gasteiger partial charge in [0.15, 0.2) is 0 Å². The molecule has 0 radical (unpaired) electrons. The summed E-state index contributed by atoms with van der Waals surface area (Å²) < 4.78 is 5.47. The third-order valence-electron chi connectivity index (χ3n) is 10.0. The first-order valence-corrected chi connectivity index (χ1v) is 17.4. The molecule has 2 saturated carbocycles. The van der Waals surface area contributed by atoms with Crippen molar-refractivity contribution in [3.63, 3.8) is 0 Å². The van der Waals surface area contributed by atoms with E-state index < -0.39 is 66.4 Å². The molecule has 2 aliphatic carbocycles. The molecule has 4 rings (SSSR count). The van der Waals surface area contributed by atoms with Crippen LogP contribution in [0, 0.1) is 23.2 Å². The van der Waals surface area contributed by atoms with Crippen molar-refractivity contribution in [3.8, 4) is 0 Å². The quantitative estimate of drug-likeness (QED) is 0.238. The highest BCUT2D eigenvalue weighted by Crippen LogP contribution is 2.65. The molecule has 6 amide bonds. The summed E-state index contributed by atoms with van der Waals surface area (Å²) in [7, 11) is 3.11. The van der Waals surface area contributed by atoms with Gasteiger partial charge in [-0.1, -0.05) is 63.4 Å². The van der Waals surface area contributed by atoms with Crippen molar-refractivity contribution in [3.05, 3.63) is 35.9 Å². The summed E-state index contributed by atoms with van der Waals surface area (Å²) in [6.07, 6.45) is 3.73. The van der Waals surface area contributed by atoms with Crippen LogP contribution in [0.1, 0.15) is 78.3 Å². The number of fused-ring (bicyclic) bond motifs is 1. The molecule has 1 aliphatic heterocycles. The summed E-state index contributed by atoms with van der Waals surface area (Å²) in [6.45, 7) is 8.40. The molecular weight excluding hydrogens is 644 g/mol. The van der Waals surface area contributed by atoms with Crippen molar-refractivity contribution in [1.29, 1.82) is 0 Å². The molecule has 0 bridgehead atoms. The SMILES string of the molecule is CN(C)C(=O)C(NC(=O)CNC(=O)C(=O)CNC(=O)C1C2C(CN1C(=O)[C@@H](NC(=O)OC(C)(C)C)C1CCCCC1)C2(C)C)c1ccccc1. The van der Waals surface area contributed by atoms with Gasteiger partial charge in [0.2, 0.25) is 29.4 Å². The van der Waals surface area contributed by atoms with Gasteiger partial charge < -0.3 is 35.8 Å². The number of alkyl carbamates (subject to hydrolysis) is 1. The zero-order valence-electron chi connectivity index (χ0n) is 30.2. The number of likely N-dealkylation sites (N-methyl/N-ethyl adjacent to an activating group) is 1. The molecule has 1 heterocycles. The molecule has 1 aromatic rings. The maximum atomic E-state index is 14.2. The van der Waals surface area contributed by atoms with Crippen LogP contribution in [0.25, 0.3) is 0 Å². The fourth-order valence-corrected chi connectivity index (χ4v) is 7.29. The van der Waals surface area contributed by atoms with Gasteiger partial charge in [0.05, 0.1) is 13.1 Å². The van der Waals surface area contributed by atoms with Gasteiger partial charge in [0.1, 0.15) is 23.7 Å². The third-order valence-corrected chi connectivity index (χ3v) is 10.0. The second-order valence-electron chi connectivity index (χ2n) is 15.4. The first kappa shape index (κ1) is 38.3. The molecule has 14 nitrogen and oxygen atoms in total. The molecule has 0 aromatic heterocycles. The molecule has 3 fully saturated rings. The number of carbonyl (C=O) groups is 7. The van der Waals surface area contributed by atoms with Gasteiger partial charge in [0.25, 0.3) is 5.91 Å². The van der Waals surface area contributed by atoms with E-state index in [4.69, 9.17) is 4.74 Å². The minimum absolute atomic E-state index is 0.0623. The highest BCUT2D eigenvalue weighted by Gasteiger charge is 2.69. The average Bonchev–Trinajstić information content (AvgIpc) is 3.37. The standard InChI is InChI=1S/C36H52N6O8/c1-35(2,3)50-34(49)40-28(22-16-12-9-13-17-22)33(48)42-20-23-26(36(23,4)5)29(42)31(46)37-18-24(43)30(45)38-19-25(44)39-27(32(47)41(6)7)21-14-10-8-11-15-21/h8,10-11,14-15,22-23,26-29H,9,12-13,16-20H2,1-7H3,(H,37,46)(H,38,45)(H,39,44)(H,40,49)/t23?,26?,27?,28-,29?/m0/s1. The minimum Gasteiger partial charge on any atom is -0.444 e. The number of ketones is 1. The zero-order chi connectivity index (χ0) is 37.0. The lowest BCUT2D eigenvalue weighted by Crippen LogP contribution is -2.58. The van der Waals surface area contributed by atoms with Crippen LogP contribution in [-0.2, 0) is 33.5 Å². The van der Waals surface area contributed by atoms with Crippen molar-refractivity contribution in [2.45, 2.75) is 90.4 Å². The topological polar surface area (TPSA) is 183 Å². The van der Waals surface area contributed by atoms with Gasteiger partial charge in [-0.3, -0.25) is 28.8 Å². The largest absolute Gasteiger partial charge is 0.444 e. The van der Waals surface area contributed by atoms with Crippen LogP contribution in [0.3, 0.4) is 0 Å². The number of hydrogen-bond acceptors (Lipinski definition) is 8. The van der Waals surface area contributed by atoms with Crippen LogP contribution in [-0.4, -0.2) is 103 Å². The average molecular weight is 697 g/mol.